The fourth-order valence-corrected chi connectivity index (χ4v) is 4.15. The highest BCUT2D eigenvalue weighted by atomic mass is 28.4. The maximum atomic E-state index is 6.08. The Balaban J connectivity index is 3.41. The Bertz CT molecular complexity index is 240. The van der Waals surface area contributed by atoms with Gasteiger partial charge in [0.15, 0.2) is 0 Å². The number of unbranched alkanes of at least 4 members (excludes halogenated alkanes) is 9. The zero-order valence-electron chi connectivity index (χ0n) is 16.8. The van der Waals surface area contributed by atoms with Crippen LogP contribution < -0.4 is 0 Å². The summed E-state index contributed by atoms with van der Waals surface area (Å²) in [6.45, 7) is 12.9. The largest absolute Gasteiger partial charge is 0.395 e. The maximum absolute atomic E-state index is 6.08. The molecule has 0 spiro atoms. The molecule has 0 bridgehead atoms. The quantitative estimate of drug-likeness (QED) is 0.207. The van der Waals surface area contributed by atoms with Gasteiger partial charge >= 0.3 is 8.56 Å². The lowest BCUT2D eigenvalue weighted by Crippen LogP contribution is -2.36. The predicted molar refractivity (Wildman–Crippen MR) is 105 cm³/mol. The van der Waals surface area contributed by atoms with Crippen molar-refractivity contribution >= 4 is 8.56 Å². The maximum Gasteiger partial charge on any atom is 0.331 e. The van der Waals surface area contributed by atoms with E-state index in [9.17, 15) is 0 Å². The van der Waals surface area contributed by atoms with Crippen LogP contribution in [0.25, 0.3) is 0 Å². The minimum atomic E-state index is -1.89. The van der Waals surface area contributed by atoms with E-state index in [2.05, 4.69) is 33.9 Å². The summed E-state index contributed by atoms with van der Waals surface area (Å²) in [5.74, 6) is 0.697. The van der Waals surface area contributed by atoms with E-state index in [1.165, 1.54) is 77.0 Å². The standard InChI is InChI=1S/C20H44O2Si/c1-6-9-10-11-12-13-14-15-16-17-18-21-23(4,5)22-19-20(7-2)8-3/h20H,6-19H2,1-5H3. The van der Waals surface area contributed by atoms with Gasteiger partial charge in [0.25, 0.3) is 0 Å². The van der Waals surface area contributed by atoms with Gasteiger partial charge in [0.2, 0.25) is 0 Å². The number of hydrogen-bond acceptors (Lipinski definition) is 2. The first-order chi connectivity index (χ1) is 11.1. The third-order valence-electron chi connectivity index (χ3n) is 4.77. The molecule has 23 heavy (non-hydrogen) atoms. The Morgan fingerprint density at radius 1 is 0.652 bits per heavy atom. The molecule has 0 amide bonds. The first-order valence-electron chi connectivity index (χ1n) is 10.3. The van der Waals surface area contributed by atoms with Crippen LogP contribution in [0, 0.1) is 5.92 Å². The topological polar surface area (TPSA) is 18.5 Å². The number of hydrogen-bond donors (Lipinski definition) is 0. The molecule has 0 saturated carbocycles. The smallest absolute Gasteiger partial charge is 0.331 e. The summed E-state index contributed by atoms with van der Waals surface area (Å²) < 4.78 is 12.1. The van der Waals surface area contributed by atoms with Crippen LogP contribution >= 0.6 is 0 Å². The summed E-state index contributed by atoms with van der Waals surface area (Å²) >= 11 is 0. The van der Waals surface area contributed by atoms with E-state index in [-0.39, 0.29) is 0 Å². The molecule has 0 N–H and O–H groups in total. The summed E-state index contributed by atoms with van der Waals surface area (Å²) in [6, 6.07) is 0. The highest BCUT2D eigenvalue weighted by molar-refractivity contribution is 6.64. The van der Waals surface area contributed by atoms with Crippen molar-refractivity contribution in [2.75, 3.05) is 13.2 Å². The highest BCUT2D eigenvalue weighted by Crippen LogP contribution is 2.15. The highest BCUT2D eigenvalue weighted by Gasteiger charge is 2.25. The molecule has 3 heteroatoms. The van der Waals surface area contributed by atoms with E-state index in [0.29, 0.717) is 5.92 Å². The average Bonchev–Trinajstić information content (AvgIpc) is 2.53. The Kier molecular flexibility index (Phi) is 15.7. The van der Waals surface area contributed by atoms with Crippen molar-refractivity contribution in [1.29, 1.82) is 0 Å². The fourth-order valence-electron chi connectivity index (χ4n) is 2.79. The molecule has 0 aromatic carbocycles. The van der Waals surface area contributed by atoms with Crippen molar-refractivity contribution in [2.45, 2.75) is 111 Å². The van der Waals surface area contributed by atoms with Crippen LogP contribution in [0.4, 0.5) is 0 Å². The van der Waals surface area contributed by atoms with Gasteiger partial charge < -0.3 is 8.85 Å². The lowest BCUT2D eigenvalue weighted by atomic mass is 10.1. The van der Waals surface area contributed by atoms with Crippen LogP contribution in [-0.2, 0) is 8.85 Å². The third-order valence-corrected chi connectivity index (χ3v) is 6.53. The second kappa shape index (κ2) is 15.7. The van der Waals surface area contributed by atoms with Gasteiger partial charge in [0.05, 0.1) is 0 Å². The van der Waals surface area contributed by atoms with E-state index < -0.39 is 8.56 Å². The van der Waals surface area contributed by atoms with Crippen molar-refractivity contribution in [3.63, 3.8) is 0 Å². The summed E-state index contributed by atoms with van der Waals surface area (Å²) in [4.78, 5) is 0. The first-order valence-corrected chi connectivity index (χ1v) is 13.1. The van der Waals surface area contributed by atoms with Crippen molar-refractivity contribution in [3.05, 3.63) is 0 Å². The van der Waals surface area contributed by atoms with Crippen LogP contribution in [-0.4, -0.2) is 21.8 Å². The molecule has 2 nitrogen and oxygen atoms in total. The normalized spacial score (nSPS) is 12.3. The minimum Gasteiger partial charge on any atom is -0.395 e. The summed E-state index contributed by atoms with van der Waals surface area (Å²) in [5.41, 5.74) is 0. The van der Waals surface area contributed by atoms with Crippen LogP contribution in [0.1, 0.15) is 97.8 Å². The molecule has 0 fully saturated rings. The van der Waals surface area contributed by atoms with Gasteiger partial charge in [-0.15, -0.1) is 0 Å². The van der Waals surface area contributed by atoms with E-state index in [1.54, 1.807) is 0 Å². The Morgan fingerprint density at radius 2 is 1.13 bits per heavy atom. The lowest BCUT2D eigenvalue weighted by molar-refractivity contribution is 0.148. The van der Waals surface area contributed by atoms with Gasteiger partial charge in [0.1, 0.15) is 0 Å². The molecule has 0 unspecified atom stereocenters. The molecular weight excluding hydrogens is 300 g/mol. The van der Waals surface area contributed by atoms with E-state index in [0.717, 1.165) is 13.2 Å². The van der Waals surface area contributed by atoms with Gasteiger partial charge in [-0.1, -0.05) is 91.4 Å². The molecule has 0 atom stereocenters. The van der Waals surface area contributed by atoms with Crippen LogP contribution in [0.5, 0.6) is 0 Å². The Labute approximate surface area is 148 Å². The van der Waals surface area contributed by atoms with E-state index in [1.807, 2.05) is 0 Å². The van der Waals surface area contributed by atoms with Crippen molar-refractivity contribution in [3.8, 4) is 0 Å². The van der Waals surface area contributed by atoms with E-state index >= 15 is 0 Å². The zero-order valence-corrected chi connectivity index (χ0v) is 17.8. The predicted octanol–water partition coefficient (Wildman–Crippen LogP) is 7.08. The first kappa shape index (κ1) is 23.1. The van der Waals surface area contributed by atoms with Crippen molar-refractivity contribution < 1.29 is 8.85 Å². The van der Waals surface area contributed by atoms with Gasteiger partial charge in [-0.25, -0.2) is 0 Å². The third kappa shape index (κ3) is 15.4. The lowest BCUT2D eigenvalue weighted by Gasteiger charge is -2.25. The second-order valence-electron chi connectivity index (χ2n) is 7.42. The Morgan fingerprint density at radius 3 is 1.61 bits per heavy atom. The van der Waals surface area contributed by atoms with Crippen LogP contribution in [0.2, 0.25) is 13.1 Å². The average molecular weight is 345 g/mol. The van der Waals surface area contributed by atoms with Crippen LogP contribution in [0.3, 0.4) is 0 Å². The second-order valence-corrected chi connectivity index (χ2v) is 10.8. The van der Waals surface area contributed by atoms with Crippen molar-refractivity contribution in [1.82, 2.24) is 0 Å². The molecule has 0 aromatic heterocycles. The summed E-state index contributed by atoms with van der Waals surface area (Å²) in [6.07, 6.45) is 16.2. The van der Waals surface area contributed by atoms with E-state index in [4.69, 9.17) is 8.85 Å². The van der Waals surface area contributed by atoms with Gasteiger partial charge in [0, 0.05) is 13.2 Å². The minimum absolute atomic E-state index is 0.697. The molecule has 0 aromatic rings. The monoisotopic (exact) mass is 344 g/mol. The number of rotatable bonds is 17. The molecule has 0 aliphatic heterocycles. The molecular formula is C20H44O2Si. The molecule has 0 aliphatic rings. The molecule has 0 aliphatic carbocycles. The molecule has 0 heterocycles. The molecule has 0 saturated heterocycles. The van der Waals surface area contributed by atoms with Gasteiger partial charge in [-0.2, -0.15) is 0 Å². The zero-order chi connectivity index (χ0) is 17.4. The van der Waals surface area contributed by atoms with Gasteiger partial charge in [-0.3, -0.25) is 0 Å². The van der Waals surface area contributed by atoms with Crippen LogP contribution in [0.15, 0.2) is 0 Å². The molecule has 140 valence electrons. The molecule has 0 rings (SSSR count). The van der Waals surface area contributed by atoms with Gasteiger partial charge in [-0.05, 0) is 25.4 Å². The fraction of sp³-hybridized carbons (Fsp3) is 1.00. The summed E-state index contributed by atoms with van der Waals surface area (Å²) in [7, 11) is -1.89. The SMILES string of the molecule is CCCCCCCCCCCCO[Si](C)(C)OCC(CC)CC. The Hall–Kier alpha value is 0.137. The summed E-state index contributed by atoms with van der Waals surface area (Å²) in [5, 5.41) is 0. The molecule has 0 radical (unpaired) electrons. The van der Waals surface area contributed by atoms with Crippen molar-refractivity contribution in [2.24, 2.45) is 5.92 Å².